The summed E-state index contributed by atoms with van der Waals surface area (Å²) < 4.78 is 6.38. The highest BCUT2D eigenvalue weighted by atomic mass is 79.9. The first-order valence-electron chi connectivity index (χ1n) is 6.48. The van der Waals surface area contributed by atoms with E-state index in [0.717, 1.165) is 32.3 Å². The lowest BCUT2D eigenvalue weighted by atomic mass is 10.2. The normalized spacial score (nSPS) is 10.5. The summed E-state index contributed by atoms with van der Waals surface area (Å²) in [7, 11) is 1.63. The van der Waals surface area contributed by atoms with Gasteiger partial charge in [0.05, 0.1) is 18.5 Å². The third-order valence-electron chi connectivity index (χ3n) is 3.05. The molecule has 2 aromatic carbocycles. The largest absolute Gasteiger partial charge is 0.495 e. The summed E-state index contributed by atoms with van der Waals surface area (Å²) in [6.45, 7) is 0. The summed E-state index contributed by atoms with van der Waals surface area (Å²) in [6.07, 6.45) is 0. The fraction of sp³-hybridized carbons (Fsp3) is 0.0625. The molecule has 0 amide bonds. The molecule has 0 saturated heterocycles. The molecule has 1 N–H and O–H groups in total. The van der Waals surface area contributed by atoms with Gasteiger partial charge < -0.3 is 10.1 Å². The number of aromatic nitrogens is 1. The number of hydrogen-bond acceptors (Lipinski definition) is 4. The number of rotatable bonds is 4. The molecule has 0 radical (unpaired) electrons. The molecule has 0 saturated carbocycles. The highest BCUT2D eigenvalue weighted by molar-refractivity contribution is 9.10. The summed E-state index contributed by atoms with van der Waals surface area (Å²) >= 11 is 11.0. The van der Waals surface area contributed by atoms with Crippen molar-refractivity contribution in [3.8, 4) is 17.0 Å². The molecule has 3 rings (SSSR count). The van der Waals surface area contributed by atoms with E-state index >= 15 is 0 Å². The maximum absolute atomic E-state index is 6.04. The van der Waals surface area contributed by atoms with E-state index < -0.39 is 0 Å². The smallest absolute Gasteiger partial charge is 0.187 e. The van der Waals surface area contributed by atoms with Gasteiger partial charge in [0.1, 0.15) is 5.75 Å². The number of anilines is 2. The lowest BCUT2D eigenvalue weighted by Crippen LogP contribution is -1.94. The summed E-state index contributed by atoms with van der Waals surface area (Å²) in [4.78, 5) is 4.60. The molecule has 6 heteroatoms. The zero-order valence-corrected chi connectivity index (χ0v) is 14.8. The second kappa shape index (κ2) is 6.69. The molecule has 0 aliphatic heterocycles. The SMILES string of the molecule is COc1ccc(Cl)cc1Nc1nc(-c2ccc(Br)cc2)cs1. The zero-order valence-electron chi connectivity index (χ0n) is 11.6. The molecular weight excluding hydrogens is 384 g/mol. The third kappa shape index (κ3) is 3.43. The van der Waals surface area contributed by atoms with Gasteiger partial charge in [-0.3, -0.25) is 0 Å². The average Bonchev–Trinajstić information content (AvgIpc) is 2.97. The van der Waals surface area contributed by atoms with Crippen molar-refractivity contribution in [1.82, 2.24) is 4.98 Å². The Morgan fingerprint density at radius 1 is 1.18 bits per heavy atom. The van der Waals surface area contributed by atoms with E-state index in [1.807, 2.05) is 41.8 Å². The molecular formula is C16H12BrClN2OS. The van der Waals surface area contributed by atoms with Gasteiger partial charge in [-0.15, -0.1) is 11.3 Å². The number of nitrogens with one attached hydrogen (secondary N) is 1. The van der Waals surface area contributed by atoms with E-state index in [0.29, 0.717) is 5.02 Å². The van der Waals surface area contributed by atoms with Crippen molar-refractivity contribution in [2.24, 2.45) is 0 Å². The van der Waals surface area contributed by atoms with Crippen molar-refractivity contribution >= 4 is 49.7 Å². The van der Waals surface area contributed by atoms with Gasteiger partial charge in [0, 0.05) is 20.4 Å². The second-order valence-electron chi connectivity index (χ2n) is 4.51. The van der Waals surface area contributed by atoms with Gasteiger partial charge in [0.2, 0.25) is 0 Å². The topological polar surface area (TPSA) is 34.1 Å². The number of benzene rings is 2. The van der Waals surface area contributed by atoms with Crippen molar-refractivity contribution < 1.29 is 4.74 Å². The van der Waals surface area contributed by atoms with E-state index in [2.05, 4.69) is 26.2 Å². The standard InChI is InChI=1S/C16H12BrClN2OS/c1-21-15-7-6-12(18)8-13(15)19-16-20-14(9-22-16)10-2-4-11(17)5-3-10/h2-9H,1H3,(H,19,20). The Kier molecular flexibility index (Phi) is 4.66. The second-order valence-corrected chi connectivity index (χ2v) is 6.72. The fourth-order valence-electron chi connectivity index (χ4n) is 1.98. The molecule has 0 aliphatic rings. The number of nitrogens with zero attached hydrogens (tertiary/aromatic N) is 1. The summed E-state index contributed by atoms with van der Waals surface area (Å²) in [5, 5.41) is 6.71. The van der Waals surface area contributed by atoms with E-state index in [1.54, 1.807) is 13.2 Å². The first-order valence-corrected chi connectivity index (χ1v) is 8.53. The van der Waals surface area contributed by atoms with Crippen molar-refractivity contribution in [3.63, 3.8) is 0 Å². The van der Waals surface area contributed by atoms with Gasteiger partial charge in [0.25, 0.3) is 0 Å². The van der Waals surface area contributed by atoms with E-state index in [4.69, 9.17) is 16.3 Å². The number of ether oxygens (including phenoxy) is 1. The number of methoxy groups -OCH3 is 1. The van der Waals surface area contributed by atoms with Crippen LogP contribution >= 0.6 is 38.9 Å². The maximum Gasteiger partial charge on any atom is 0.187 e. The minimum Gasteiger partial charge on any atom is -0.495 e. The summed E-state index contributed by atoms with van der Waals surface area (Å²) in [5.41, 5.74) is 2.80. The van der Waals surface area contributed by atoms with Crippen molar-refractivity contribution in [1.29, 1.82) is 0 Å². The molecule has 1 aromatic heterocycles. The monoisotopic (exact) mass is 394 g/mol. The minimum absolute atomic E-state index is 0.646. The van der Waals surface area contributed by atoms with E-state index in [1.165, 1.54) is 11.3 Å². The van der Waals surface area contributed by atoms with Crippen LogP contribution in [-0.2, 0) is 0 Å². The molecule has 22 heavy (non-hydrogen) atoms. The molecule has 0 fully saturated rings. The predicted molar refractivity (Wildman–Crippen MR) is 96.5 cm³/mol. The molecule has 0 atom stereocenters. The van der Waals surface area contributed by atoms with Crippen LogP contribution in [0.4, 0.5) is 10.8 Å². The van der Waals surface area contributed by atoms with Gasteiger partial charge >= 0.3 is 0 Å². The Hall–Kier alpha value is -1.56. The van der Waals surface area contributed by atoms with Crippen LogP contribution in [0.2, 0.25) is 5.02 Å². The van der Waals surface area contributed by atoms with Crippen LogP contribution in [0, 0.1) is 0 Å². The maximum atomic E-state index is 6.04. The summed E-state index contributed by atoms with van der Waals surface area (Å²) in [6, 6.07) is 13.5. The van der Waals surface area contributed by atoms with Gasteiger partial charge in [-0.05, 0) is 30.3 Å². The molecule has 112 valence electrons. The Balaban J connectivity index is 1.85. The van der Waals surface area contributed by atoms with Crippen LogP contribution in [0.1, 0.15) is 0 Å². The average molecular weight is 396 g/mol. The van der Waals surface area contributed by atoms with Crippen LogP contribution in [0.15, 0.2) is 52.3 Å². The number of halogens is 2. The van der Waals surface area contributed by atoms with Gasteiger partial charge in [-0.1, -0.05) is 39.7 Å². The zero-order chi connectivity index (χ0) is 15.5. The highest BCUT2D eigenvalue weighted by Crippen LogP contribution is 2.33. The van der Waals surface area contributed by atoms with Crippen LogP contribution < -0.4 is 10.1 Å². The van der Waals surface area contributed by atoms with Gasteiger partial charge in [0.15, 0.2) is 5.13 Å². The van der Waals surface area contributed by atoms with Crippen LogP contribution in [0.5, 0.6) is 5.75 Å². The number of thiazole rings is 1. The van der Waals surface area contributed by atoms with Crippen LogP contribution in [-0.4, -0.2) is 12.1 Å². The lowest BCUT2D eigenvalue weighted by molar-refractivity contribution is 0.417. The Bertz CT molecular complexity index is 789. The Morgan fingerprint density at radius 2 is 1.95 bits per heavy atom. The van der Waals surface area contributed by atoms with Crippen LogP contribution in [0.3, 0.4) is 0 Å². The van der Waals surface area contributed by atoms with Crippen molar-refractivity contribution in [3.05, 3.63) is 57.3 Å². The molecule has 0 unspecified atom stereocenters. The van der Waals surface area contributed by atoms with Gasteiger partial charge in [-0.2, -0.15) is 0 Å². The molecule has 3 aromatic rings. The molecule has 1 heterocycles. The number of hydrogen-bond donors (Lipinski definition) is 1. The highest BCUT2D eigenvalue weighted by Gasteiger charge is 2.08. The minimum atomic E-state index is 0.646. The van der Waals surface area contributed by atoms with Crippen molar-refractivity contribution in [2.75, 3.05) is 12.4 Å². The lowest BCUT2D eigenvalue weighted by Gasteiger charge is -2.09. The molecule has 0 spiro atoms. The first kappa shape index (κ1) is 15.3. The third-order valence-corrected chi connectivity index (χ3v) is 4.57. The van der Waals surface area contributed by atoms with Crippen molar-refractivity contribution in [2.45, 2.75) is 0 Å². The Morgan fingerprint density at radius 3 is 2.68 bits per heavy atom. The predicted octanol–water partition coefficient (Wildman–Crippen LogP) is 5.98. The van der Waals surface area contributed by atoms with E-state index in [-0.39, 0.29) is 0 Å². The molecule has 3 nitrogen and oxygen atoms in total. The van der Waals surface area contributed by atoms with Crippen LogP contribution in [0.25, 0.3) is 11.3 Å². The fourth-order valence-corrected chi connectivity index (χ4v) is 3.15. The van der Waals surface area contributed by atoms with E-state index in [9.17, 15) is 0 Å². The molecule has 0 bridgehead atoms. The van der Waals surface area contributed by atoms with Gasteiger partial charge in [-0.25, -0.2) is 4.98 Å². The summed E-state index contributed by atoms with van der Waals surface area (Å²) in [5.74, 6) is 0.727. The quantitative estimate of drug-likeness (QED) is 0.590. The molecule has 0 aliphatic carbocycles. The Labute approximate surface area is 146 Å². The first-order chi connectivity index (χ1) is 10.7.